The molecule has 0 saturated heterocycles. The average Bonchev–Trinajstić information content (AvgIpc) is 2.83. The molecule has 2 aromatic carbocycles. The number of phenolic OH excluding ortho intramolecular Hbond substituents is 1. The van der Waals surface area contributed by atoms with Crippen molar-refractivity contribution in [1.29, 1.82) is 0 Å². The number of hydrogen-bond acceptors (Lipinski definition) is 2. The minimum atomic E-state index is -0.230. The predicted molar refractivity (Wildman–Crippen MR) is 113 cm³/mol. The quantitative estimate of drug-likeness (QED) is 0.581. The number of hydrogen-bond donors (Lipinski definition) is 2. The Morgan fingerprint density at radius 3 is 2.07 bits per heavy atom. The second-order valence-electron chi connectivity index (χ2n) is 9.14. The lowest BCUT2D eigenvalue weighted by Gasteiger charge is -2.28. The molecule has 1 aliphatic heterocycles. The highest BCUT2D eigenvalue weighted by Gasteiger charge is 2.29. The van der Waals surface area contributed by atoms with E-state index in [1.807, 2.05) is 30.3 Å². The van der Waals surface area contributed by atoms with E-state index < -0.39 is 0 Å². The number of aromatic hydroxyl groups is 1. The Balaban J connectivity index is 2.25. The number of carbonyl (C=O) groups is 1. The Bertz CT molecular complexity index is 924. The third-order valence-electron chi connectivity index (χ3n) is 4.84. The number of nitrogens with one attached hydrogen (secondary N) is 1. The van der Waals surface area contributed by atoms with Crippen LogP contribution < -0.4 is 5.32 Å². The molecule has 27 heavy (non-hydrogen) atoms. The van der Waals surface area contributed by atoms with E-state index in [1.165, 1.54) is 0 Å². The molecule has 3 nitrogen and oxygen atoms in total. The molecule has 3 rings (SSSR count). The van der Waals surface area contributed by atoms with Gasteiger partial charge >= 0.3 is 0 Å². The second-order valence-corrected chi connectivity index (χ2v) is 9.55. The van der Waals surface area contributed by atoms with Crippen molar-refractivity contribution in [3.63, 3.8) is 0 Å². The van der Waals surface area contributed by atoms with Crippen LogP contribution in [0.1, 0.15) is 63.8 Å². The van der Waals surface area contributed by atoms with Crippen molar-refractivity contribution in [2.24, 2.45) is 0 Å². The van der Waals surface area contributed by atoms with Crippen LogP contribution in [0.2, 0.25) is 5.02 Å². The van der Waals surface area contributed by atoms with Crippen LogP contribution >= 0.6 is 11.6 Å². The van der Waals surface area contributed by atoms with Gasteiger partial charge in [0.05, 0.1) is 16.3 Å². The number of halogens is 1. The first-order chi connectivity index (χ1) is 12.4. The molecular formula is C23H26ClNO2. The molecule has 142 valence electrons. The monoisotopic (exact) mass is 383 g/mol. The molecule has 1 amide bonds. The SMILES string of the molecule is CC(C)(C)c1cc(/C=C2\C(=O)Nc3cccc(Cl)c32)cc(C(C)(C)C)c1O. The maximum atomic E-state index is 12.5. The number of fused-ring (bicyclic) bond motifs is 1. The Morgan fingerprint density at radius 1 is 1.00 bits per heavy atom. The zero-order valence-corrected chi connectivity index (χ0v) is 17.5. The van der Waals surface area contributed by atoms with Crippen LogP contribution in [-0.2, 0) is 15.6 Å². The second kappa shape index (κ2) is 6.42. The van der Waals surface area contributed by atoms with Gasteiger partial charge in [-0.2, -0.15) is 0 Å². The summed E-state index contributed by atoms with van der Waals surface area (Å²) in [6.07, 6.45) is 1.86. The topological polar surface area (TPSA) is 49.3 Å². The molecule has 1 heterocycles. The molecular weight excluding hydrogens is 358 g/mol. The Morgan fingerprint density at radius 2 is 1.56 bits per heavy atom. The molecule has 0 aliphatic carbocycles. The number of rotatable bonds is 1. The number of benzene rings is 2. The molecule has 0 bridgehead atoms. The lowest BCUT2D eigenvalue weighted by Crippen LogP contribution is -2.17. The third kappa shape index (κ3) is 3.61. The van der Waals surface area contributed by atoms with Crippen LogP contribution in [0.3, 0.4) is 0 Å². The van der Waals surface area contributed by atoms with E-state index in [2.05, 4.69) is 46.9 Å². The van der Waals surface area contributed by atoms with E-state index in [0.29, 0.717) is 16.3 Å². The van der Waals surface area contributed by atoms with Crippen molar-refractivity contribution in [3.05, 3.63) is 57.6 Å². The summed E-state index contributed by atoms with van der Waals surface area (Å²) in [5.41, 5.74) is 4.13. The lowest BCUT2D eigenvalue weighted by atomic mass is 9.78. The molecule has 0 spiro atoms. The van der Waals surface area contributed by atoms with Crippen molar-refractivity contribution < 1.29 is 9.90 Å². The highest BCUT2D eigenvalue weighted by atomic mass is 35.5. The number of carbonyl (C=O) groups excluding carboxylic acids is 1. The van der Waals surface area contributed by atoms with Crippen molar-refractivity contribution in [2.75, 3.05) is 5.32 Å². The van der Waals surface area contributed by atoms with E-state index in [0.717, 1.165) is 27.9 Å². The summed E-state index contributed by atoms with van der Waals surface area (Å²) in [4.78, 5) is 12.5. The maximum absolute atomic E-state index is 12.5. The fourth-order valence-corrected chi connectivity index (χ4v) is 3.67. The highest BCUT2D eigenvalue weighted by Crippen LogP contribution is 2.42. The van der Waals surface area contributed by atoms with Crippen LogP contribution in [0.5, 0.6) is 5.75 Å². The van der Waals surface area contributed by atoms with Gasteiger partial charge in [-0.05, 0) is 46.7 Å². The van der Waals surface area contributed by atoms with E-state index in [4.69, 9.17) is 11.6 Å². The summed E-state index contributed by atoms with van der Waals surface area (Å²) >= 11 is 6.36. The van der Waals surface area contributed by atoms with E-state index in [9.17, 15) is 9.90 Å². The molecule has 2 aromatic rings. The molecule has 0 radical (unpaired) electrons. The van der Waals surface area contributed by atoms with Crippen molar-refractivity contribution in [3.8, 4) is 5.75 Å². The minimum absolute atomic E-state index is 0.166. The third-order valence-corrected chi connectivity index (χ3v) is 5.15. The molecule has 0 aromatic heterocycles. The van der Waals surface area contributed by atoms with Gasteiger partial charge < -0.3 is 10.4 Å². The van der Waals surface area contributed by atoms with Crippen molar-refractivity contribution in [1.82, 2.24) is 0 Å². The van der Waals surface area contributed by atoms with Gasteiger partial charge in [-0.1, -0.05) is 59.2 Å². The van der Waals surface area contributed by atoms with Gasteiger partial charge in [-0.3, -0.25) is 4.79 Å². The van der Waals surface area contributed by atoms with E-state index in [1.54, 1.807) is 6.07 Å². The van der Waals surface area contributed by atoms with Crippen LogP contribution in [0.15, 0.2) is 30.3 Å². The smallest absolute Gasteiger partial charge is 0.256 e. The fourth-order valence-electron chi connectivity index (χ4n) is 3.39. The number of anilines is 1. The normalized spacial score (nSPS) is 15.8. The zero-order valence-electron chi connectivity index (χ0n) is 16.7. The van der Waals surface area contributed by atoms with Gasteiger partial charge in [0.2, 0.25) is 0 Å². The maximum Gasteiger partial charge on any atom is 0.256 e. The van der Waals surface area contributed by atoms with Gasteiger partial charge in [-0.15, -0.1) is 0 Å². The molecule has 0 fully saturated rings. The van der Waals surface area contributed by atoms with E-state index >= 15 is 0 Å². The Kier molecular flexibility index (Phi) is 4.63. The molecule has 1 aliphatic rings. The number of phenols is 1. The fraction of sp³-hybridized carbons (Fsp3) is 0.348. The van der Waals surface area contributed by atoms with Gasteiger partial charge in [0.15, 0.2) is 0 Å². The lowest BCUT2D eigenvalue weighted by molar-refractivity contribution is -0.110. The predicted octanol–water partition coefficient (Wildman–Crippen LogP) is 6.13. The summed E-state index contributed by atoms with van der Waals surface area (Å²) in [5.74, 6) is 0.159. The summed E-state index contributed by atoms with van der Waals surface area (Å²) in [6, 6.07) is 9.37. The molecule has 0 atom stereocenters. The average molecular weight is 384 g/mol. The van der Waals surface area contributed by atoms with Gasteiger partial charge in [0.25, 0.3) is 5.91 Å². The first-order valence-corrected chi connectivity index (χ1v) is 9.47. The largest absolute Gasteiger partial charge is 0.507 e. The van der Waals surface area contributed by atoms with Gasteiger partial charge in [0.1, 0.15) is 5.75 Å². The number of amides is 1. The summed E-state index contributed by atoms with van der Waals surface area (Å²) in [5, 5.41) is 14.3. The summed E-state index contributed by atoms with van der Waals surface area (Å²) in [7, 11) is 0. The first-order valence-electron chi connectivity index (χ1n) is 9.09. The minimum Gasteiger partial charge on any atom is -0.507 e. The first kappa shape index (κ1) is 19.5. The molecule has 0 saturated carbocycles. The highest BCUT2D eigenvalue weighted by molar-refractivity contribution is 6.41. The Labute approximate surface area is 166 Å². The van der Waals surface area contributed by atoms with Crippen LogP contribution in [0.4, 0.5) is 5.69 Å². The van der Waals surface area contributed by atoms with Crippen LogP contribution in [0.25, 0.3) is 11.6 Å². The van der Waals surface area contributed by atoms with Crippen molar-refractivity contribution >= 4 is 34.8 Å². The van der Waals surface area contributed by atoms with Crippen LogP contribution in [-0.4, -0.2) is 11.0 Å². The Hall–Kier alpha value is -2.26. The zero-order chi connectivity index (χ0) is 20.1. The van der Waals surface area contributed by atoms with E-state index in [-0.39, 0.29) is 16.7 Å². The summed E-state index contributed by atoms with van der Waals surface area (Å²) < 4.78 is 0. The summed E-state index contributed by atoms with van der Waals surface area (Å²) in [6.45, 7) is 12.4. The molecule has 2 N–H and O–H groups in total. The van der Waals surface area contributed by atoms with Gasteiger partial charge in [0, 0.05) is 16.7 Å². The standard InChI is InChI=1S/C23H26ClNO2/c1-22(2,3)15-11-13(12-16(20(15)26)23(4,5)6)10-14-19-17(24)8-7-9-18(19)25-21(14)27/h7-12,26H,1-6H3,(H,25,27)/b14-10-. The molecule has 4 heteroatoms. The molecule has 0 unspecified atom stereocenters. The van der Waals surface area contributed by atoms with Crippen LogP contribution in [0, 0.1) is 0 Å². The van der Waals surface area contributed by atoms with Gasteiger partial charge in [-0.25, -0.2) is 0 Å². The van der Waals surface area contributed by atoms with Crippen molar-refractivity contribution in [2.45, 2.75) is 52.4 Å².